The number of hydrogen-bond acceptors (Lipinski definition) is 6. The first kappa shape index (κ1) is 21.3. The normalized spacial score (nSPS) is 17.2. The van der Waals surface area contributed by atoms with Crippen molar-refractivity contribution in [1.82, 2.24) is 14.4 Å². The number of amidine groups is 1. The standard InChI is InChI=1S/C21H24N6O5/c1-12-10-26-17-18(24(2)21(30)27(19(17)29)11-16(22)28)23-20(26)25(12)8-7-13-5-6-14(31-3)15(9-13)32-4/h5-6,9-10,17H,7-8,11H2,1-4H3,(H-,22,28)/p+1. The Kier molecular flexibility index (Phi) is 5.33. The molecular weight excluding hydrogens is 416 g/mol. The largest absolute Gasteiger partial charge is 0.493 e. The number of carbonyl (C=O) groups excluding carboxylic acids is 3. The van der Waals surface area contributed by atoms with Gasteiger partial charge < -0.3 is 15.2 Å². The molecule has 4 rings (SSSR count). The molecule has 11 nitrogen and oxygen atoms in total. The highest BCUT2D eigenvalue weighted by Crippen LogP contribution is 2.30. The first-order valence-electron chi connectivity index (χ1n) is 10.0. The van der Waals surface area contributed by atoms with Crippen LogP contribution in [0, 0.1) is 6.92 Å². The van der Waals surface area contributed by atoms with Gasteiger partial charge in [-0.3, -0.25) is 19.4 Å². The second-order valence-corrected chi connectivity index (χ2v) is 7.67. The van der Waals surface area contributed by atoms with Crippen molar-refractivity contribution in [3.05, 3.63) is 35.7 Å². The van der Waals surface area contributed by atoms with Crippen molar-refractivity contribution in [1.29, 1.82) is 0 Å². The lowest BCUT2D eigenvalue weighted by Gasteiger charge is -2.32. The molecule has 1 aromatic heterocycles. The van der Waals surface area contributed by atoms with Crippen LogP contribution in [0.5, 0.6) is 11.5 Å². The molecule has 168 valence electrons. The summed E-state index contributed by atoms with van der Waals surface area (Å²) in [6, 6.07) is 4.32. The molecule has 0 bridgehead atoms. The number of aromatic nitrogens is 2. The number of rotatable bonds is 7. The molecule has 4 amide bonds. The predicted octanol–water partition coefficient (Wildman–Crippen LogP) is 0.308. The van der Waals surface area contributed by atoms with E-state index in [1.165, 1.54) is 11.9 Å². The fourth-order valence-electron chi connectivity index (χ4n) is 4.09. The summed E-state index contributed by atoms with van der Waals surface area (Å²) in [5.41, 5.74) is 7.19. The SMILES string of the molecule is COc1ccc(CCn2c(C)c[n+]3c2N=C2C3C(=O)N(CC(N)=O)C(=O)N2C)cc1OC. The minimum absolute atomic E-state index is 0.329. The lowest BCUT2D eigenvalue weighted by molar-refractivity contribution is -0.677. The third kappa shape index (κ3) is 3.35. The summed E-state index contributed by atoms with van der Waals surface area (Å²) < 4.78 is 14.4. The second kappa shape index (κ2) is 7.98. The van der Waals surface area contributed by atoms with Crippen LogP contribution in [-0.2, 0) is 22.6 Å². The van der Waals surface area contributed by atoms with E-state index in [9.17, 15) is 14.4 Å². The van der Waals surface area contributed by atoms with Gasteiger partial charge >= 0.3 is 12.0 Å². The van der Waals surface area contributed by atoms with Crippen LogP contribution in [0.4, 0.5) is 10.7 Å². The van der Waals surface area contributed by atoms with Crippen LogP contribution in [0.1, 0.15) is 17.3 Å². The highest BCUT2D eigenvalue weighted by atomic mass is 16.5. The topological polar surface area (TPSA) is 123 Å². The number of amides is 4. The van der Waals surface area contributed by atoms with Crippen LogP contribution in [0.25, 0.3) is 0 Å². The van der Waals surface area contributed by atoms with Crippen molar-refractivity contribution in [2.45, 2.75) is 25.9 Å². The summed E-state index contributed by atoms with van der Waals surface area (Å²) in [6.45, 7) is 2.06. The van der Waals surface area contributed by atoms with E-state index < -0.39 is 30.4 Å². The number of fused-ring (bicyclic) bond motifs is 3. The molecule has 2 aromatic rings. The smallest absolute Gasteiger partial charge is 0.401 e. The van der Waals surface area contributed by atoms with E-state index in [1.54, 1.807) is 18.8 Å². The predicted molar refractivity (Wildman–Crippen MR) is 113 cm³/mol. The fourth-order valence-corrected chi connectivity index (χ4v) is 4.09. The number of urea groups is 1. The maximum absolute atomic E-state index is 13.0. The van der Waals surface area contributed by atoms with Crippen molar-refractivity contribution >= 4 is 29.6 Å². The van der Waals surface area contributed by atoms with Gasteiger partial charge in [-0.2, -0.15) is 0 Å². The summed E-state index contributed by atoms with van der Waals surface area (Å²) in [5, 5.41) is 0. The zero-order chi connectivity index (χ0) is 23.2. The van der Waals surface area contributed by atoms with Gasteiger partial charge in [0.05, 0.1) is 20.8 Å². The lowest BCUT2D eigenvalue weighted by Crippen LogP contribution is -2.63. The van der Waals surface area contributed by atoms with E-state index in [1.807, 2.05) is 35.9 Å². The number of aliphatic imine (C=N–C) groups is 1. The summed E-state index contributed by atoms with van der Waals surface area (Å²) in [7, 11) is 4.71. The summed E-state index contributed by atoms with van der Waals surface area (Å²) >= 11 is 0. The Bertz CT molecular complexity index is 1150. The molecule has 0 spiro atoms. The van der Waals surface area contributed by atoms with Crippen LogP contribution in [0.3, 0.4) is 0 Å². The van der Waals surface area contributed by atoms with Gasteiger partial charge in [0.2, 0.25) is 17.8 Å². The van der Waals surface area contributed by atoms with Gasteiger partial charge in [0.15, 0.2) is 11.5 Å². The average molecular weight is 441 g/mol. The van der Waals surface area contributed by atoms with Gasteiger partial charge in [0, 0.05) is 13.5 Å². The molecule has 32 heavy (non-hydrogen) atoms. The van der Waals surface area contributed by atoms with Crippen LogP contribution in [0.15, 0.2) is 29.4 Å². The molecule has 1 aromatic carbocycles. The summed E-state index contributed by atoms with van der Waals surface area (Å²) in [6.07, 6.45) is 2.52. The van der Waals surface area contributed by atoms with Gasteiger partial charge in [0.25, 0.3) is 5.91 Å². The minimum Gasteiger partial charge on any atom is -0.493 e. The van der Waals surface area contributed by atoms with Crippen molar-refractivity contribution < 1.29 is 28.4 Å². The molecule has 2 aliphatic heterocycles. The van der Waals surface area contributed by atoms with Crippen LogP contribution in [0.2, 0.25) is 0 Å². The Balaban J connectivity index is 1.63. The number of primary amides is 1. The number of nitrogens with two attached hydrogens (primary N) is 1. The van der Waals surface area contributed by atoms with Crippen molar-refractivity contribution in [3.63, 3.8) is 0 Å². The van der Waals surface area contributed by atoms with Crippen LogP contribution < -0.4 is 19.8 Å². The summed E-state index contributed by atoms with van der Waals surface area (Å²) in [5.74, 6) is 0.929. The number of nitrogens with zero attached hydrogens (tertiary/aromatic N) is 5. The van der Waals surface area contributed by atoms with Crippen LogP contribution >= 0.6 is 0 Å². The molecule has 2 N–H and O–H groups in total. The highest BCUT2D eigenvalue weighted by molar-refractivity contribution is 6.19. The van der Waals surface area contributed by atoms with Gasteiger partial charge in [-0.1, -0.05) is 11.1 Å². The van der Waals surface area contributed by atoms with Gasteiger partial charge in [-0.15, -0.1) is 0 Å². The van der Waals surface area contributed by atoms with E-state index in [0.29, 0.717) is 36.2 Å². The van der Waals surface area contributed by atoms with Gasteiger partial charge in [0.1, 0.15) is 18.4 Å². The quantitative estimate of drug-likeness (QED) is 0.620. The number of hydrogen-bond donors (Lipinski definition) is 1. The van der Waals surface area contributed by atoms with E-state index in [0.717, 1.165) is 16.2 Å². The minimum atomic E-state index is -0.812. The number of methoxy groups -OCH3 is 2. The van der Waals surface area contributed by atoms with Crippen molar-refractivity contribution in [2.75, 3.05) is 27.8 Å². The number of carbonyl (C=O) groups is 3. The molecule has 1 atom stereocenters. The number of aryl methyl sites for hydroxylation is 2. The Morgan fingerprint density at radius 2 is 1.94 bits per heavy atom. The van der Waals surface area contributed by atoms with Crippen molar-refractivity contribution in [2.24, 2.45) is 10.7 Å². The lowest BCUT2D eigenvalue weighted by atomic mass is 10.1. The molecule has 11 heteroatoms. The maximum Gasteiger partial charge on any atom is 0.401 e. The molecule has 0 saturated carbocycles. The van der Waals surface area contributed by atoms with Gasteiger partial charge in [-0.25, -0.2) is 13.9 Å². The molecule has 0 aliphatic carbocycles. The van der Waals surface area contributed by atoms with E-state index in [4.69, 9.17) is 15.2 Å². The molecule has 1 fully saturated rings. The Hall–Kier alpha value is -3.89. The molecular formula is C21H25N6O5+. The van der Waals surface area contributed by atoms with Gasteiger partial charge in [-0.05, 0) is 24.6 Å². The third-order valence-corrected chi connectivity index (χ3v) is 5.71. The Morgan fingerprint density at radius 3 is 2.59 bits per heavy atom. The first-order chi connectivity index (χ1) is 15.3. The number of likely N-dealkylation sites (N-methyl/N-ethyl adjacent to an activating group) is 1. The monoisotopic (exact) mass is 441 g/mol. The third-order valence-electron chi connectivity index (χ3n) is 5.71. The highest BCUT2D eigenvalue weighted by Gasteiger charge is 2.53. The number of imide groups is 1. The van der Waals surface area contributed by atoms with Crippen molar-refractivity contribution in [3.8, 4) is 11.5 Å². The molecule has 1 saturated heterocycles. The first-order valence-corrected chi connectivity index (χ1v) is 10.0. The van der Waals surface area contributed by atoms with Crippen LogP contribution in [-0.4, -0.2) is 65.9 Å². The fraction of sp³-hybridized carbons (Fsp3) is 0.381. The zero-order valence-electron chi connectivity index (χ0n) is 18.4. The Morgan fingerprint density at radius 1 is 1.22 bits per heavy atom. The maximum atomic E-state index is 13.0. The Labute approximate surface area is 184 Å². The molecule has 2 aliphatic rings. The molecule has 0 radical (unpaired) electrons. The molecule has 1 unspecified atom stereocenters. The van der Waals surface area contributed by atoms with E-state index in [2.05, 4.69) is 4.99 Å². The molecule has 3 heterocycles. The number of benzene rings is 1. The number of imidazole rings is 1. The second-order valence-electron chi connectivity index (χ2n) is 7.67. The summed E-state index contributed by atoms with van der Waals surface area (Å²) in [4.78, 5) is 43.7. The number of ether oxygens (including phenoxy) is 2. The average Bonchev–Trinajstić information content (AvgIpc) is 3.28. The van der Waals surface area contributed by atoms with E-state index in [-0.39, 0.29) is 0 Å². The van der Waals surface area contributed by atoms with E-state index >= 15 is 0 Å². The zero-order valence-corrected chi connectivity index (χ0v) is 18.4.